The van der Waals surface area contributed by atoms with Crippen molar-refractivity contribution in [2.24, 2.45) is 0 Å². The lowest BCUT2D eigenvalue weighted by Crippen LogP contribution is -2.34. The molecule has 2 rings (SSSR count). The first-order valence-corrected chi connectivity index (χ1v) is 7.72. The van der Waals surface area contributed by atoms with Gasteiger partial charge in [-0.2, -0.15) is 4.31 Å². The van der Waals surface area contributed by atoms with Gasteiger partial charge < -0.3 is 10.4 Å². The first-order chi connectivity index (χ1) is 8.87. The van der Waals surface area contributed by atoms with Crippen LogP contribution in [0, 0.1) is 0 Å². The minimum absolute atomic E-state index is 0.121. The SMILES string of the molecule is CCNc1ncccc1S(=O)(=O)N1CCC(C)(O)C1. The smallest absolute Gasteiger partial charge is 0.246 e. The maximum Gasteiger partial charge on any atom is 0.246 e. The number of rotatable bonds is 4. The number of aromatic nitrogens is 1. The minimum Gasteiger partial charge on any atom is -0.389 e. The molecule has 6 nitrogen and oxygen atoms in total. The lowest BCUT2D eigenvalue weighted by molar-refractivity contribution is 0.0762. The molecule has 0 amide bonds. The van der Waals surface area contributed by atoms with Gasteiger partial charge in [-0.1, -0.05) is 0 Å². The van der Waals surface area contributed by atoms with Gasteiger partial charge in [0, 0.05) is 25.8 Å². The number of sulfonamides is 1. The lowest BCUT2D eigenvalue weighted by atomic mass is 10.1. The van der Waals surface area contributed by atoms with E-state index >= 15 is 0 Å². The highest BCUT2D eigenvalue weighted by atomic mass is 32.2. The fourth-order valence-electron chi connectivity index (χ4n) is 2.15. The second kappa shape index (κ2) is 5.07. The zero-order valence-corrected chi connectivity index (χ0v) is 11.9. The molecule has 2 N–H and O–H groups in total. The summed E-state index contributed by atoms with van der Waals surface area (Å²) in [6.45, 7) is 4.57. The lowest BCUT2D eigenvalue weighted by Gasteiger charge is -2.20. The largest absolute Gasteiger partial charge is 0.389 e. The maximum absolute atomic E-state index is 12.6. The number of aliphatic hydroxyl groups is 1. The van der Waals surface area contributed by atoms with Crippen LogP contribution in [-0.4, -0.2) is 48.0 Å². The number of pyridine rings is 1. The topological polar surface area (TPSA) is 82.5 Å². The molecule has 2 heterocycles. The molecular formula is C12H19N3O3S. The van der Waals surface area contributed by atoms with Gasteiger partial charge in [-0.15, -0.1) is 0 Å². The van der Waals surface area contributed by atoms with E-state index in [1.54, 1.807) is 19.2 Å². The first-order valence-electron chi connectivity index (χ1n) is 6.28. The van der Waals surface area contributed by atoms with E-state index in [1.807, 2.05) is 6.92 Å². The third-order valence-electron chi connectivity index (χ3n) is 3.15. The monoisotopic (exact) mass is 285 g/mol. The van der Waals surface area contributed by atoms with Crippen molar-refractivity contribution in [3.05, 3.63) is 18.3 Å². The molecule has 1 saturated heterocycles. The van der Waals surface area contributed by atoms with Crippen LogP contribution in [0.25, 0.3) is 0 Å². The van der Waals surface area contributed by atoms with Crippen molar-refractivity contribution in [3.63, 3.8) is 0 Å². The average Bonchev–Trinajstić information content (AvgIpc) is 2.71. The summed E-state index contributed by atoms with van der Waals surface area (Å²) < 4.78 is 26.4. The minimum atomic E-state index is -3.61. The zero-order valence-electron chi connectivity index (χ0n) is 11.1. The number of hydrogen-bond acceptors (Lipinski definition) is 5. The summed E-state index contributed by atoms with van der Waals surface area (Å²) in [5.41, 5.74) is -0.951. The normalized spacial score (nSPS) is 24.6. The van der Waals surface area contributed by atoms with Gasteiger partial charge in [0.25, 0.3) is 0 Å². The molecule has 7 heteroatoms. The Morgan fingerprint density at radius 1 is 1.58 bits per heavy atom. The number of β-amino-alcohol motifs (C(OH)–C–C–N with tert-alkyl or cyclic N) is 1. The Kier molecular flexibility index (Phi) is 3.80. The van der Waals surface area contributed by atoms with Crippen LogP contribution in [0.15, 0.2) is 23.2 Å². The van der Waals surface area contributed by atoms with Gasteiger partial charge in [0.05, 0.1) is 5.60 Å². The summed E-state index contributed by atoms with van der Waals surface area (Å²) in [6.07, 6.45) is 2.00. The zero-order chi connectivity index (χ0) is 14.1. The Morgan fingerprint density at radius 3 is 2.89 bits per heavy atom. The molecule has 106 valence electrons. The molecule has 1 aliphatic heterocycles. The van der Waals surface area contributed by atoms with Gasteiger partial charge >= 0.3 is 0 Å². The fourth-order valence-corrected chi connectivity index (χ4v) is 3.82. The van der Waals surface area contributed by atoms with Crippen LogP contribution in [-0.2, 0) is 10.0 Å². The molecule has 0 spiro atoms. The van der Waals surface area contributed by atoms with Gasteiger partial charge in [-0.05, 0) is 32.4 Å². The molecule has 1 aromatic rings. The Morgan fingerprint density at radius 2 is 2.32 bits per heavy atom. The quantitative estimate of drug-likeness (QED) is 0.849. The van der Waals surface area contributed by atoms with E-state index in [4.69, 9.17) is 0 Å². The van der Waals surface area contributed by atoms with Crippen molar-refractivity contribution < 1.29 is 13.5 Å². The molecule has 1 aromatic heterocycles. The van der Waals surface area contributed by atoms with E-state index in [0.717, 1.165) is 0 Å². The van der Waals surface area contributed by atoms with Crippen LogP contribution in [0.1, 0.15) is 20.3 Å². The van der Waals surface area contributed by atoms with E-state index in [-0.39, 0.29) is 11.4 Å². The van der Waals surface area contributed by atoms with Crippen LogP contribution in [0.4, 0.5) is 5.82 Å². The third kappa shape index (κ3) is 2.88. The van der Waals surface area contributed by atoms with E-state index in [9.17, 15) is 13.5 Å². The van der Waals surface area contributed by atoms with Crippen LogP contribution in [0.2, 0.25) is 0 Å². The molecule has 0 aromatic carbocycles. The van der Waals surface area contributed by atoms with Crippen LogP contribution in [0.5, 0.6) is 0 Å². The summed E-state index contributed by atoms with van der Waals surface area (Å²) in [4.78, 5) is 4.22. The summed E-state index contributed by atoms with van der Waals surface area (Å²) in [5, 5.41) is 12.9. The van der Waals surface area contributed by atoms with E-state index in [0.29, 0.717) is 25.3 Å². The predicted molar refractivity (Wildman–Crippen MR) is 72.4 cm³/mol. The molecule has 19 heavy (non-hydrogen) atoms. The van der Waals surface area contributed by atoms with Gasteiger partial charge in [0.2, 0.25) is 10.0 Å². The van der Waals surface area contributed by atoms with E-state index in [1.165, 1.54) is 10.4 Å². The van der Waals surface area contributed by atoms with E-state index < -0.39 is 15.6 Å². The molecule has 0 bridgehead atoms. The molecular weight excluding hydrogens is 266 g/mol. The highest BCUT2D eigenvalue weighted by Gasteiger charge is 2.39. The number of anilines is 1. The molecule has 1 atom stereocenters. The molecule has 0 aliphatic carbocycles. The molecule has 1 aliphatic rings. The van der Waals surface area contributed by atoms with Gasteiger partial charge in [-0.3, -0.25) is 0 Å². The summed E-state index contributed by atoms with van der Waals surface area (Å²) >= 11 is 0. The van der Waals surface area contributed by atoms with Gasteiger partial charge in [0.1, 0.15) is 10.7 Å². The van der Waals surface area contributed by atoms with Crippen LogP contribution < -0.4 is 5.32 Å². The van der Waals surface area contributed by atoms with Crippen LogP contribution >= 0.6 is 0 Å². The van der Waals surface area contributed by atoms with Gasteiger partial charge in [-0.25, -0.2) is 13.4 Å². The molecule has 1 fully saturated rings. The first kappa shape index (κ1) is 14.2. The van der Waals surface area contributed by atoms with Crippen LogP contribution in [0.3, 0.4) is 0 Å². The van der Waals surface area contributed by atoms with Crippen molar-refractivity contribution in [1.82, 2.24) is 9.29 Å². The van der Waals surface area contributed by atoms with Crippen molar-refractivity contribution in [2.75, 3.05) is 25.0 Å². The Labute approximate surface area is 113 Å². The number of nitrogens with zero attached hydrogens (tertiary/aromatic N) is 2. The van der Waals surface area contributed by atoms with Gasteiger partial charge in [0.15, 0.2) is 0 Å². The number of hydrogen-bond donors (Lipinski definition) is 2. The highest BCUT2D eigenvalue weighted by molar-refractivity contribution is 7.89. The molecule has 0 saturated carbocycles. The van der Waals surface area contributed by atoms with Crippen molar-refractivity contribution >= 4 is 15.8 Å². The Balaban J connectivity index is 2.35. The van der Waals surface area contributed by atoms with Crippen molar-refractivity contribution in [1.29, 1.82) is 0 Å². The van der Waals surface area contributed by atoms with E-state index in [2.05, 4.69) is 10.3 Å². The summed E-state index contributed by atoms with van der Waals surface area (Å²) in [5.74, 6) is 0.358. The molecule has 0 radical (unpaired) electrons. The predicted octanol–water partition coefficient (Wildman–Crippen LogP) is 0.659. The highest BCUT2D eigenvalue weighted by Crippen LogP contribution is 2.29. The number of nitrogens with one attached hydrogen (secondary N) is 1. The fraction of sp³-hybridized carbons (Fsp3) is 0.583. The Bertz CT molecular complexity index is 557. The maximum atomic E-state index is 12.6. The average molecular weight is 285 g/mol. The second-order valence-electron chi connectivity index (χ2n) is 4.97. The van der Waals surface area contributed by atoms with Crippen molar-refractivity contribution in [3.8, 4) is 0 Å². The summed E-state index contributed by atoms with van der Waals surface area (Å²) in [7, 11) is -3.61. The third-order valence-corrected chi connectivity index (χ3v) is 5.03. The van der Waals surface area contributed by atoms with Crippen molar-refractivity contribution in [2.45, 2.75) is 30.8 Å². The Hall–Kier alpha value is -1.18. The summed E-state index contributed by atoms with van der Waals surface area (Å²) in [6, 6.07) is 3.13. The second-order valence-corrected chi connectivity index (χ2v) is 6.87. The standard InChI is InChI=1S/C12H19N3O3S/c1-3-13-11-10(5-4-7-14-11)19(17,18)15-8-6-12(2,16)9-15/h4-5,7,16H,3,6,8-9H2,1-2H3,(H,13,14). The molecule has 1 unspecified atom stereocenters.